The number of carbonyl (C=O) groups excluding carboxylic acids is 1. The first kappa shape index (κ1) is 22.6. The van der Waals surface area contributed by atoms with Gasteiger partial charge in [-0.15, -0.1) is 0 Å². The molecule has 0 radical (unpaired) electrons. The van der Waals surface area contributed by atoms with E-state index in [1.165, 1.54) is 17.7 Å². The molecule has 1 aromatic carbocycles. The Labute approximate surface area is 198 Å². The first-order valence-corrected chi connectivity index (χ1v) is 12.2. The van der Waals surface area contributed by atoms with E-state index >= 15 is 0 Å². The molecule has 1 saturated carbocycles. The Bertz CT molecular complexity index is 1200. The number of aliphatic carboxylic acids is 1. The highest BCUT2D eigenvalue weighted by atomic mass is 19.1. The van der Waals surface area contributed by atoms with E-state index in [2.05, 4.69) is 15.6 Å². The number of halogens is 1. The molecule has 2 aromatic heterocycles. The lowest BCUT2D eigenvalue weighted by molar-refractivity contribution is -0.143. The number of carboxylic acids is 1. The summed E-state index contributed by atoms with van der Waals surface area (Å²) in [6, 6.07) is 10.6. The molecule has 178 valence electrons. The molecular formula is C27H30FN3O3. The second-order valence-corrected chi connectivity index (χ2v) is 9.67. The second kappa shape index (κ2) is 9.57. The van der Waals surface area contributed by atoms with Gasteiger partial charge in [-0.3, -0.25) is 9.59 Å². The fraction of sp³-hybridized carbons (Fsp3) is 0.444. The molecule has 0 atom stereocenters. The summed E-state index contributed by atoms with van der Waals surface area (Å²) in [5.41, 5.74) is 4.26. The third-order valence-electron chi connectivity index (χ3n) is 7.58. The minimum absolute atomic E-state index is 0.164. The van der Waals surface area contributed by atoms with E-state index in [9.17, 15) is 19.1 Å². The van der Waals surface area contributed by atoms with Crippen molar-refractivity contribution >= 4 is 22.9 Å². The lowest BCUT2D eigenvalue weighted by atomic mass is 9.80. The molecule has 7 heteroatoms. The SMILES string of the molecule is O=C(O)C1CCC(CCC(=O)N2CCc3c(n(Cc4ccc(F)cc4)c4ncccc34)C2)CC1. The number of carboxylic acid groups (broad SMARTS) is 1. The van der Waals surface area contributed by atoms with Gasteiger partial charge in [-0.25, -0.2) is 9.37 Å². The lowest BCUT2D eigenvalue weighted by Crippen LogP contribution is -2.37. The fourth-order valence-corrected chi connectivity index (χ4v) is 5.60. The molecule has 0 unspecified atom stereocenters. The predicted molar refractivity (Wildman–Crippen MR) is 127 cm³/mol. The predicted octanol–water partition coefficient (Wildman–Crippen LogP) is 4.78. The van der Waals surface area contributed by atoms with Gasteiger partial charge in [-0.1, -0.05) is 12.1 Å². The Morgan fingerprint density at radius 3 is 2.59 bits per heavy atom. The van der Waals surface area contributed by atoms with Gasteiger partial charge in [-0.2, -0.15) is 0 Å². The standard InChI is InChI=1S/C27H30FN3O3/c28-21-10-5-19(6-11-21)16-31-24-17-30(15-13-22(24)23-2-1-14-29-26(23)31)25(32)12-7-18-3-8-20(9-4-18)27(33)34/h1-2,5-6,10-11,14,18,20H,3-4,7-9,12-13,15-17H2,(H,33,34). The van der Waals surface area contributed by atoms with Crippen LogP contribution in [0.2, 0.25) is 0 Å². The minimum Gasteiger partial charge on any atom is -0.481 e. The van der Waals surface area contributed by atoms with Crippen LogP contribution in [0.5, 0.6) is 0 Å². The zero-order chi connectivity index (χ0) is 23.7. The van der Waals surface area contributed by atoms with Crippen molar-refractivity contribution in [3.05, 3.63) is 65.2 Å². The first-order chi connectivity index (χ1) is 16.5. The largest absolute Gasteiger partial charge is 0.481 e. The Morgan fingerprint density at radius 1 is 1.09 bits per heavy atom. The number of rotatable bonds is 6. The van der Waals surface area contributed by atoms with Crippen LogP contribution in [0, 0.1) is 17.7 Å². The number of benzene rings is 1. The van der Waals surface area contributed by atoms with Crippen LogP contribution in [0.3, 0.4) is 0 Å². The molecule has 1 fully saturated rings. The van der Waals surface area contributed by atoms with Crippen LogP contribution in [-0.2, 0) is 29.1 Å². The maximum absolute atomic E-state index is 13.4. The Balaban J connectivity index is 1.29. The number of nitrogens with zero attached hydrogens (tertiary/aromatic N) is 3. The zero-order valence-electron chi connectivity index (χ0n) is 19.3. The molecule has 2 aliphatic rings. The normalized spacial score (nSPS) is 20.3. The molecule has 1 aliphatic carbocycles. The summed E-state index contributed by atoms with van der Waals surface area (Å²) in [5, 5.41) is 10.3. The highest BCUT2D eigenvalue weighted by molar-refractivity contribution is 5.84. The zero-order valence-corrected chi connectivity index (χ0v) is 19.3. The number of hydrogen-bond acceptors (Lipinski definition) is 3. The molecular weight excluding hydrogens is 433 g/mol. The van der Waals surface area contributed by atoms with Gasteiger partial charge < -0.3 is 14.6 Å². The molecule has 6 nitrogen and oxygen atoms in total. The van der Waals surface area contributed by atoms with Gasteiger partial charge in [-0.05, 0) is 79.8 Å². The number of fused-ring (bicyclic) bond motifs is 3. The molecule has 34 heavy (non-hydrogen) atoms. The number of pyridine rings is 1. The molecule has 1 N–H and O–H groups in total. The van der Waals surface area contributed by atoms with Crippen molar-refractivity contribution in [2.24, 2.45) is 11.8 Å². The average molecular weight is 464 g/mol. The number of carbonyl (C=O) groups is 2. The van der Waals surface area contributed by atoms with E-state index in [0.29, 0.717) is 32.0 Å². The van der Waals surface area contributed by atoms with E-state index < -0.39 is 5.97 Å². The van der Waals surface area contributed by atoms with Crippen LogP contribution in [0.25, 0.3) is 11.0 Å². The molecule has 0 spiro atoms. The third-order valence-corrected chi connectivity index (χ3v) is 7.58. The van der Waals surface area contributed by atoms with Crippen LogP contribution in [0.15, 0.2) is 42.6 Å². The Hall–Kier alpha value is -3.22. The van der Waals surface area contributed by atoms with Gasteiger partial charge in [0.15, 0.2) is 0 Å². The molecule has 0 saturated heterocycles. The van der Waals surface area contributed by atoms with Gasteiger partial charge in [0.25, 0.3) is 0 Å². The van der Waals surface area contributed by atoms with Gasteiger partial charge in [0.2, 0.25) is 5.91 Å². The van der Waals surface area contributed by atoms with Crippen LogP contribution in [-0.4, -0.2) is 38.0 Å². The van der Waals surface area contributed by atoms with Crippen molar-refractivity contribution in [2.45, 2.75) is 58.0 Å². The minimum atomic E-state index is -0.691. The molecule has 0 bridgehead atoms. The Morgan fingerprint density at radius 2 is 1.85 bits per heavy atom. The summed E-state index contributed by atoms with van der Waals surface area (Å²) in [7, 11) is 0. The number of hydrogen-bond donors (Lipinski definition) is 1. The summed E-state index contributed by atoms with van der Waals surface area (Å²) >= 11 is 0. The summed E-state index contributed by atoms with van der Waals surface area (Å²) in [6.45, 7) is 1.83. The van der Waals surface area contributed by atoms with E-state index in [4.69, 9.17) is 0 Å². The van der Waals surface area contributed by atoms with E-state index in [1.807, 2.05) is 11.0 Å². The summed E-state index contributed by atoms with van der Waals surface area (Å²) in [5.74, 6) is -0.561. The average Bonchev–Trinajstić information content (AvgIpc) is 3.17. The van der Waals surface area contributed by atoms with Crippen LogP contribution in [0.4, 0.5) is 4.39 Å². The summed E-state index contributed by atoms with van der Waals surface area (Å²) in [4.78, 5) is 30.9. The highest BCUT2D eigenvalue weighted by Gasteiger charge is 2.29. The maximum Gasteiger partial charge on any atom is 0.306 e. The van der Waals surface area contributed by atoms with Gasteiger partial charge in [0, 0.05) is 36.8 Å². The lowest BCUT2D eigenvalue weighted by Gasteiger charge is -2.30. The fourth-order valence-electron chi connectivity index (χ4n) is 5.60. The summed E-state index contributed by atoms with van der Waals surface area (Å²) in [6.07, 6.45) is 7.15. The second-order valence-electron chi connectivity index (χ2n) is 9.67. The smallest absolute Gasteiger partial charge is 0.306 e. The first-order valence-electron chi connectivity index (χ1n) is 12.2. The Kier molecular flexibility index (Phi) is 6.35. The quantitative estimate of drug-likeness (QED) is 0.571. The van der Waals surface area contributed by atoms with E-state index in [0.717, 1.165) is 60.8 Å². The topological polar surface area (TPSA) is 75.4 Å². The number of aromatic nitrogens is 2. The molecule has 3 aromatic rings. The van der Waals surface area contributed by atoms with Gasteiger partial charge in [0.05, 0.1) is 12.5 Å². The number of amides is 1. The van der Waals surface area contributed by atoms with Crippen LogP contribution in [0.1, 0.15) is 55.3 Å². The third kappa shape index (κ3) is 4.56. The highest BCUT2D eigenvalue weighted by Crippen LogP contribution is 2.33. The molecule has 1 amide bonds. The van der Waals surface area contributed by atoms with E-state index in [-0.39, 0.29) is 17.6 Å². The van der Waals surface area contributed by atoms with Crippen molar-refractivity contribution in [1.29, 1.82) is 0 Å². The monoisotopic (exact) mass is 463 g/mol. The van der Waals surface area contributed by atoms with Crippen LogP contribution < -0.4 is 0 Å². The van der Waals surface area contributed by atoms with Crippen LogP contribution >= 0.6 is 0 Å². The van der Waals surface area contributed by atoms with Crippen molar-refractivity contribution < 1.29 is 19.1 Å². The maximum atomic E-state index is 13.4. The molecule has 3 heterocycles. The van der Waals surface area contributed by atoms with Gasteiger partial charge >= 0.3 is 5.97 Å². The molecule has 5 rings (SSSR count). The van der Waals surface area contributed by atoms with Crippen molar-refractivity contribution in [1.82, 2.24) is 14.5 Å². The van der Waals surface area contributed by atoms with Crippen molar-refractivity contribution in [3.8, 4) is 0 Å². The summed E-state index contributed by atoms with van der Waals surface area (Å²) < 4.78 is 15.6. The van der Waals surface area contributed by atoms with Crippen molar-refractivity contribution in [2.75, 3.05) is 6.54 Å². The molecule has 1 aliphatic heterocycles. The van der Waals surface area contributed by atoms with Gasteiger partial charge in [0.1, 0.15) is 11.5 Å². The van der Waals surface area contributed by atoms with Crippen molar-refractivity contribution in [3.63, 3.8) is 0 Å². The van der Waals surface area contributed by atoms with E-state index in [1.54, 1.807) is 18.3 Å².